The normalized spacial score (nSPS) is 13.6. The van der Waals surface area contributed by atoms with Gasteiger partial charge in [0.1, 0.15) is 5.76 Å². The molecule has 0 saturated heterocycles. The molecule has 0 bridgehead atoms. The van der Waals surface area contributed by atoms with Crippen LogP contribution < -0.4 is 0 Å². The molecule has 1 saturated carbocycles. The Bertz CT molecular complexity index is 2440. The van der Waals surface area contributed by atoms with E-state index in [1.807, 2.05) is 85.9 Å². The fourth-order valence-corrected chi connectivity index (χ4v) is 8.08. The van der Waals surface area contributed by atoms with Gasteiger partial charge in [0.25, 0.3) is 0 Å². The fourth-order valence-electron chi connectivity index (χ4n) is 8.08. The summed E-state index contributed by atoms with van der Waals surface area (Å²) in [7, 11) is 0. The minimum atomic E-state index is -0.248. The number of hydrogen-bond donors (Lipinski definition) is 1. The van der Waals surface area contributed by atoms with Crippen molar-refractivity contribution in [2.24, 2.45) is 11.3 Å². The summed E-state index contributed by atoms with van der Waals surface area (Å²) in [6.07, 6.45) is 12.2. The van der Waals surface area contributed by atoms with Crippen molar-refractivity contribution in [2.75, 3.05) is 0 Å². The summed E-state index contributed by atoms with van der Waals surface area (Å²) in [5.74, 6) is 1.12. The van der Waals surface area contributed by atoms with Crippen molar-refractivity contribution in [3.63, 3.8) is 0 Å². The monoisotopic (exact) mass is 967 g/mol. The molecular weight excluding hydrogens is 901 g/mol. The number of nitrogens with zero attached hydrogens (tertiary/aromatic N) is 2. The third-order valence-corrected chi connectivity index (χ3v) is 12.1. The van der Waals surface area contributed by atoms with Gasteiger partial charge in [0.15, 0.2) is 5.78 Å². The summed E-state index contributed by atoms with van der Waals surface area (Å²) in [5, 5.41) is 14.2. The number of pyridine rings is 2. The first-order valence-corrected chi connectivity index (χ1v) is 21.3. The van der Waals surface area contributed by atoms with Gasteiger partial charge in [-0.25, -0.2) is 0 Å². The van der Waals surface area contributed by atoms with Gasteiger partial charge in [-0.3, -0.25) is 4.79 Å². The number of aliphatic hydroxyl groups is 1. The Morgan fingerprint density at radius 3 is 1.90 bits per heavy atom. The van der Waals surface area contributed by atoms with Crippen molar-refractivity contribution in [1.82, 2.24) is 9.97 Å². The first kappa shape index (κ1) is 44.1. The Balaban J connectivity index is 0.000000204. The second-order valence-corrected chi connectivity index (χ2v) is 16.6. The molecular formula is C54H64IrN2O2-2. The van der Waals surface area contributed by atoms with Crippen LogP contribution in [0.5, 0.6) is 0 Å². The minimum Gasteiger partial charge on any atom is -0.512 e. The number of aromatic nitrogens is 2. The van der Waals surface area contributed by atoms with Crippen LogP contribution in [0.1, 0.15) is 128 Å². The molecule has 1 fully saturated rings. The third-order valence-electron chi connectivity index (χ3n) is 12.1. The van der Waals surface area contributed by atoms with E-state index in [9.17, 15) is 9.90 Å². The first-order chi connectivity index (χ1) is 28.6. The predicted octanol–water partition coefficient (Wildman–Crippen LogP) is 14.9. The SMILES string of the molecule is CCC(CC)C(=O)/C=C(\O)C(C)(CC)CC.Cc1[c-]c(-c2nccc3cc(C4CCCC4)ccc23)cc(C)c1.[2H]c1nc(-c2[c-]c(C)cc(C)c2)c2ccc(C)cc2c1[2H].[Ir]. The van der Waals surface area contributed by atoms with Gasteiger partial charge < -0.3 is 15.1 Å². The summed E-state index contributed by atoms with van der Waals surface area (Å²) >= 11 is 0. The van der Waals surface area contributed by atoms with E-state index in [0.717, 1.165) is 81.6 Å². The number of ketones is 1. The summed E-state index contributed by atoms with van der Waals surface area (Å²) in [5.41, 5.74) is 10.7. The van der Waals surface area contributed by atoms with Crippen molar-refractivity contribution >= 4 is 27.3 Å². The van der Waals surface area contributed by atoms with Gasteiger partial charge in [-0.15, -0.1) is 69.8 Å². The van der Waals surface area contributed by atoms with Crippen LogP contribution in [0.3, 0.4) is 0 Å². The molecule has 5 heteroatoms. The van der Waals surface area contributed by atoms with Crippen LogP contribution in [0.2, 0.25) is 0 Å². The maximum absolute atomic E-state index is 11.9. The molecule has 1 radical (unpaired) electrons. The number of fused-ring (bicyclic) bond motifs is 2. The van der Waals surface area contributed by atoms with E-state index in [1.165, 1.54) is 59.2 Å². The third kappa shape index (κ3) is 12.1. The molecule has 59 heavy (non-hydrogen) atoms. The Hall–Kier alpha value is -4.44. The van der Waals surface area contributed by atoms with Gasteiger partial charge in [-0.05, 0) is 102 Å². The Kier molecular flexibility index (Phi) is 16.2. The van der Waals surface area contributed by atoms with Crippen LogP contribution in [0.25, 0.3) is 44.1 Å². The molecule has 2 heterocycles. The van der Waals surface area contributed by atoms with Crippen LogP contribution in [-0.4, -0.2) is 20.9 Å². The molecule has 313 valence electrons. The van der Waals surface area contributed by atoms with E-state index in [1.54, 1.807) is 0 Å². The summed E-state index contributed by atoms with van der Waals surface area (Å²) in [6.45, 7) is 20.4. The van der Waals surface area contributed by atoms with Gasteiger partial charge in [0, 0.05) is 49.9 Å². The molecule has 2 aromatic heterocycles. The van der Waals surface area contributed by atoms with Crippen molar-refractivity contribution in [2.45, 2.75) is 127 Å². The maximum atomic E-state index is 11.9. The van der Waals surface area contributed by atoms with Crippen LogP contribution >= 0.6 is 0 Å². The zero-order valence-corrected chi connectivity index (χ0v) is 39.3. The summed E-state index contributed by atoms with van der Waals surface area (Å²) < 4.78 is 16.0. The number of carbonyl (C=O) groups excluding carboxylic acids is 1. The minimum absolute atomic E-state index is 0. The smallest absolute Gasteiger partial charge is 0.162 e. The van der Waals surface area contributed by atoms with Crippen molar-refractivity contribution in [3.8, 4) is 22.5 Å². The average molecular weight is 967 g/mol. The zero-order chi connectivity index (χ0) is 43.7. The summed E-state index contributed by atoms with van der Waals surface area (Å²) in [4.78, 5) is 20.8. The molecule has 0 amide bonds. The van der Waals surface area contributed by atoms with E-state index in [2.05, 4.69) is 78.4 Å². The topological polar surface area (TPSA) is 63.1 Å². The Morgan fingerprint density at radius 2 is 1.34 bits per heavy atom. The fraction of sp³-hybridized carbons (Fsp3) is 0.389. The molecule has 0 spiro atoms. The van der Waals surface area contributed by atoms with Gasteiger partial charge >= 0.3 is 0 Å². The molecule has 1 aliphatic carbocycles. The number of allylic oxidation sites excluding steroid dienone is 2. The average Bonchev–Trinajstić information content (AvgIpc) is 3.77. The van der Waals surface area contributed by atoms with E-state index in [0.29, 0.717) is 0 Å². The predicted molar refractivity (Wildman–Crippen MR) is 245 cm³/mol. The van der Waals surface area contributed by atoms with Crippen LogP contribution in [0, 0.1) is 58.1 Å². The number of aliphatic hydroxyl groups excluding tert-OH is 1. The van der Waals surface area contributed by atoms with Gasteiger partial charge in [0.05, 0.1) is 2.74 Å². The van der Waals surface area contributed by atoms with Crippen molar-refractivity contribution < 1.29 is 32.7 Å². The number of hydrogen-bond acceptors (Lipinski definition) is 4. The molecule has 0 atom stereocenters. The van der Waals surface area contributed by atoms with Gasteiger partial charge in [-0.2, -0.15) is 0 Å². The molecule has 4 nitrogen and oxygen atoms in total. The van der Waals surface area contributed by atoms with Gasteiger partial charge in [0.2, 0.25) is 0 Å². The molecule has 6 aromatic rings. The Morgan fingerprint density at radius 1 is 0.780 bits per heavy atom. The van der Waals surface area contributed by atoms with E-state index < -0.39 is 0 Å². The second-order valence-electron chi connectivity index (χ2n) is 16.6. The molecule has 1 aliphatic rings. The summed E-state index contributed by atoms with van der Waals surface area (Å²) in [6, 6.07) is 30.4. The largest absolute Gasteiger partial charge is 0.512 e. The van der Waals surface area contributed by atoms with Crippen LogP contribution in [-0.2, 0) is 24.9 Å². The van der Waals surface area contributed by atoms with Crippen LogP contribution in [0.15, 0.2) is 97.0 Å². The van der Waals surface area contributed by atoms with Crippen molar-refractivity contribution in [3.05, 3.63) is 142 Å². The van der Waals surface area contributed by atoms with Crippen molar-refractivity contribution in [1.29, 1.82) is 0 Å². The molecule has 0 unspecified atom stereocenters. The first-order valence-electron chi connectivity index (χ1n) is 22.3. The number of carbonyl (C=O) groups is 1. The Labute approximate surface area is 371 Å². The molecule has 7 rings (SSSR count). The van der Waals surface area contributed by atoms with E-state index >= 15 is 0 Å². The second kappa shape index (κ2) is 21.7. The molecule has 4 aromatic carbocycles. The van der Waals surface area contributed by atoms with E-state index in [4.69, 9.17) is 2.74 Å². The quantitative estimate of drug-likeness (QED) is 0.0844. The molecule has 1 N–H and O–H groups in total. The number of benzene rings is 4. The van der Waals surface area contributed by atoms with Crippen LogP contribution in [0.4, 0.5) is 0 Å². The standard InChI is InChI=1S/C22H22N.C18H16N.C14H26O2.Ir/c1-15-11-16(2)13-20(12-15)22-21-8-7-18(17-5-3-4-6-17)14-19(21)9-10-23-22;1-12-4-5-17-15(9-12)6-7-19-18(17)16-10-13(2)8-14(3)11-16;1-6-11(7-2)12(15)10-13(16)14(5,8-3)9-4;/h7-12,14,17H,3-6H2,1-2H3;4-10H,1-3H3;10-11,16H,6-9H2,1-5H3;/q2*-1;;/b;;13-10-;/i;6D,7D;;. The van der Waals surface area contributed by atoms with E-state index in [-0.39, 0.29) is 55.2 Å². The molecule has 0 aliphatic heterocycles. The zero-order valence-electron chi connectivity index (χ0n) is 38.9. The number of rotatable bonds is 10. The number of aryl methyl sites for hydroxylation is 5. The van der Waals surface area contributed by atoms with Gasteiger partial charge in [-0.1, -0.05) is 117 Å². The maximum Gasteiger partial charge on any atom is 0.162 e.